The normalized spacial score (nSPS) is 11.4. The van der Waals surface area contributed by atoms with E-state index in [1.54, 1.807) is 0 Å². The summed E-state index contributed by atoms with van der Waals surface area (Å²) in [6.07, 6.45) is 2.40. The van der Waals surface area contributed by atoms with Gasteiger partial charge in [0.2, 0.25) is 0 Å². The van der Waals surface area contributed by atoms with Crippen molar-refractivity contribution in [3.63, 3.8) is 0 Å². The van der Waals surface area contributed by atoms with Gasteiger partial charge in [-0.1, -0.05) is 45.4 Å². The molecule has 0 aromatic heterocycles. The first-order chi connectivity index (χ1) is 9.93. The lowest BCUT2D eigenvalue weighted by atomic mass is 10.1. The van der Waals surface area contributed by atoms with E-state index in [-0.39, 0.29) is 0 Å². The van der Waals surface area contributed by atoms with Crippen LogP contribution in [0.5, 0.6) is 0 Å². The fraction of sp³-hybridized carbons (Fsp3) is 0.667. The predicted molar refractivity (Wildman–Crippen MR) is 95.3 cm³/mol. The molecule has 0 spiro atoms. The minimum Gasteiger partial charge on any atom is -0.370 e. The molecule has 0 saturated heterocycles. The number of hydrogen-bond donors (Lipinski definition) is 1. The third-order valence-corrected chi connectivity index (χ3v) is 3.99. The van der Waals surface area contributed by atoms with Gasteiger partial charge >= 0.3 is 0 Å². The number of halogens is 1. The topological polar surface area (TPSA) is 15.3 Å². The molecule has 0 radical (unpaired) electrons. The van der Waals surface area contributed by atoms with Crippen LogP contribution in [0.2, 0.25) is 5.02 Å². The first-order valence-electron chi connectivity index (χ1n) is 8.12. The van der Waals surface area contributed by atoms with E-state index >= 15 is 0 Å². The zero-order valence-corrected chi connectivity index (χ0v) is 15.0. The highest BCUT2D eigenvalue weighted by molar-refractivity contribution is 6.33. The number of nitrogens with zero attached hydrogens (tertiary/aromatic N) is 1. The Morgan fingerprint density at radius 2 is 1.62 bits per heavy atom. The van der Waals surface area contributed by atoms with E-state index in [9.17, 15) is 0 Å². The Kier molecular flexibility index (Phi) is 8.13. The minimum atomic E-state index is 0.717. The molecule has 2 nitrogen and oxygen atoms in total. The third kappa shape index (κ3) is 6.71. The summed E-state index contributed by atoms with van der Waals surface area (Å²) in [5, 5.41) is 4.04. The first-order valence-corrected chi connectivity index (χ1v) is 8.49. The number of benzene rings is 1. The Morgan fingerprint density at radius 1 is 1.05 bits per heavy atom. The molecule has 0 aliphatic carbocycles. The summed E-state index contributed by atoms with van der Waals surface area (Å²) < 4.78 is 0. The Bertz CT molecular complexity index is 404. The van der Waals surface area contributed by atoms with E-state index in [2.05, 4.69) is 56.1 Å². The van der Waals surface area contributed by atoms with Crippen LogP contribution in [-0.2, 0) is 6.54 Å². The molecule has 1 aromatic rings. The molecule has 1 rings (SSSR count). The molecule has 0 saturated carbocycles. The van der Waals surface area contributed by atoms with Gasteiger partial charge in [0, 0.05) is 19.6 Å². The monoisotopic (exact) mass is 310 g/mol. The van der Waals surface area contributed by atoms with Crippen molar-refractivity contribution in [2.75, 3.05) is 25.0 Å². The van der Waals surface area contributed by atoms with Gasteiger partial charge in [0.05, 0.1) is 10.7 Å². The zero-order valence-electron chi connectivity index (χ0n) is 14.2. The lowest BCUT2D eigenvalue weighted by Gasteiger charge is -2.28. The van der Waals surface area contributed by atoms with Crippen molar-refractivity contribution in [2.24, 2.45) is 11.8 Å². The second kappa shape index (κ2) is 9.32. The summed E-state index contributed by atoms with van der Waals surface area (Å²) in [5.41, 5.74) is 2.41. The van der Waals surface area contributed by atoms with E-state index < -0.39 is 0 Å². The molecule has 120 valence electrons. The van der Waals surface area contributed by atoms with E-state index in [0.29, 0.717) is 11.8 Å². The fourth-order valence-corrected chi connectivity index (χ4v) is 2.62. The van der Waals surface area contributed by atoms with Gasteiger partial charge in [-0.2, -0.15) is 0 Å². The molecular formula is C18H31ClN2. The highest BCUT2D eigenvalue weighted by atomic mass is 35.5. The van der Waals surface area contributed by atoms with Crippen molar-refractivity contribution >= 4 is 17.3 Å². The quantitative estimate of drug-likeness (QED) is 0.693. The Hall–Kier alpha value is -0.730. The van der Waals surface area contributed by atoms with Crippen molar-refractivity contribution in [2.45, 2.75) is 47.1 Å². The lowest BCUT2D eigenvalue weighted by molar-refractivity contribution is 0.535. The maximum atomic E-state index is 6.52. The summed E-state index contributed by atoms with van der Waals surface area (Å²) in [6, 6.07) is 6.44. The SMILES string of the molecule is CNCc1ccc(N(CCC(C)C)CCC(C)C)c(Cl)c1. The number of rotatable bonds is 9. The molecule has 1 N–H and O–H groups in total. The van der Waals surface area contributed by atoms with Crippen molar-refractivity contribution in [3.05, 3.63) is 28.8 Å². The number of hydrogen-bond acceptors (Lipinski definition) is 2. The second-order valence-electron chi connectivity index (χ2n) is 6.67. The van der Waals surface area contributed by atoms with Crippen LogP contribution in [0.3, 0.4) is 0 Å². The molecule has 0 aliphatic heterocycles. The molecule has 0 heterocycles. The summed E-state index contributed by atoms with van der Waals surface area (Å²) in [7, 11) is 1.96. The maximum absolute atomic E-state index is 6.52. The molecule has 0 aliphatic rings. The molecule has 0 fully saturated rings. The molecule has 3 heteroatoms. The third-order valence-electron chi connectivity index (χ3n) is 3.69. The lowest BCUT2D eigenvalue weighted by Crippen LogP contribution is -2.27. The van der Waals surface area contributed by atoms with E-state index in [1.807, 2.05) is 7.05 Å². The van der Waals surface area contributed by atoms with Crippen LogP contribution < -0.4 is 10.2 Å². The summed E-state index contributed by atoms with van der Waals surface area (Å²) in [6.45, 7) is 12.1. The standard InChI is InChI=1S/C18H31ClN2/c1-14(2)8-10-21(11-9-15(3)4)18-7-6-16(13-20-5)12-17(18)19/h6-7,12,14-15,20H,8-11,13H2,1-5H3. The number of anilines is 1. The van der Waals surface area contributed by atoms with E-state index in [1.165, 1.54) is 24.1 Å². The highest BCUT2D eigenvalue weighted by Gasteiger charge is 2.12. The van der Waals surface area contributed by atoms with Gasteiger partial charge in [-0.25, -0.2) is 0 Å². The number of nitrogens with one attached hydrogen (secondary N) is 1. The van der Waals surface area contributed by atoms with Crippen LogP contribution in [0.25, 0.3) is 0 Å². The Morgan fingerprint density at radius 3 is 2.05 bits per heavy atom. The molecule has 0 unspecified atom stereocenters. The van der Waals surface area contributed by atoms with Gasteiger partial charge < -0.3 is 10.2 Å². The zero-order chi connectivity index (χ0) is 15.8. The second-order valence-corrected chi connectivity index (χ2v) is 7.08. The average Bonchev–Trinajstić information content (AvgIpc) is 2.40. The predicted octanol–water partition coefficient (Wildman–Crippen LogP) is 4.96. The molecule has 0 amide bonds. The van der Waals surface area contributed by atoms with Crippen LogP contribution in [0, 0.1) is 11.8 Å². The van der Waals surface area contributed by atoms with Crippen molar-refractivity contribution in [3.8, 4) is 0 Å². The van der Waals surface area contributed by atoms with Gasteiger partial charge in [-0.15, -0.1) is 0 Å². The first kappa shape index (κ1) is 18.3. The minimum absolute atomic E-state index is 0.717. The average molecular weight is 311 g/mol. The van der Waals surface area contributed by atoms with Crippen molar-refractivity contribution in [1.82, 2.24) is 5.32 Å². The maximum Gasteiger partial charge on any atom is 0.0642 e. The molecule has 1 aromatic carbocycles. The van der Waals surface area contributed by atoms with Gasteiger partial charge in [-0.3, -0.25) is 0 Å². The van der Waals surface area contributed by atoms with Crippen LogP contribution in [-0.4, -0.2) is 20.1 Å². The summed E-state index contributed by atoms with van der Waals surface area (Å²) >= 11 is 6.52. The summed E-state index contributed by atoms with van der Waals surface area (Å²) in [4.78, 5) is 2.45. The molecule has 21 heavy (non-hydrogen) atoms. The Balaban J connectivity index is 2.84. The van der Waals surface area contributed by atoms with Gasteiger partial charge in [0.1, 0.15) is 0 Å². The van der Waals surface area contributed by atoms with Gasteiger partial charge in [0.25, 0.3) is 0 Å². The fourth-order valence-electron chi connectivity index (χ4n) is 2.30. The van der Waals surface area contributed by atoms with Crippen LogP contribution in [0.15, 0.2) is 18.2 Å². The van der Waals surface area contributed by atoms with Gasteiger partial charge in [0.15, 0.2) is 0 Å². The largest absolute Gasteiger partial charge is 0.370 e. The van der Waals surface area contributed by atoms with Crippen LogP contribution in [0.1, 0.15) is 46.1 Å². The molecule has 0 bridgehead atoms. The smallest absolute Gasteiger partial charge is 0.0642 e. The van der Waals surface area contributed by atoms with Crippen LogP contribution in [0.4, 0.5) is 5.69 Å². The van der Waals surface area contributed by atoms with Gasteiger partial charge in [-0.05, 0) is 49.4 Å². The molecule has 0 atom stereocenters. The van der Waals surface area contributed by atoms with Crippen molar-refractivity contribution < 1.29 is 0 Å². The Labute approximate surface area is 135 Å². The summed E-state index contributed by atoms with van der Waals surface area (Å²) in [5.74, 6) is 1.43. The highest BCUT2D eigenvalue weighted by Crippen LogP contribution is 2.28. The van der Waals surface area contributed by atoms with E-state index in [4.69, 9.17) is 11.6 Å². The molecular weight excluding hydrogens is 280 g/mol. The van der Waals surface area contributed by atoms with Crippen LogP contribution >= 0.6 is 11.6 Å². The van der Waals surface area contributed by atoms with Crippen molar-refractivity contribution in [1.29, 1.82) is 0 Å². The van der Waals surface area contributed by atoms with E-state index in [0.717, 1.165) is 24.7 Å².